The average molecular weight is 428 g/mol. The van der Waals surface area contributed by atoms with E-state index in [0.29, 0.717) is 31.9 Å². The van der Waals surface area contributed by atoms with E-state index in [9.17, 15) is 13.2 Å². The van der Waals surface area contributed by atoms with Gasteiger partial charge in [0.25, 0.3) is 5.91 Å². The van der Waals surface area contributed by atoms with Gasteiger partial charge < -0.3 is 10.6 Å². The van der Waals surface area contributed by atoms with Gasteiger partial charge in [0.15, 0.2) is 5.69 Å². The van der Waals surface area contributed by atoms with Crippen molar-refractivity contribution in [3.05, 3.63) is 46.8 Å². The van der Waals surface area contributed by atoms with Gasteiger partial charge in [0, 0.05) is 50.4 Å². The number of aromatic amines is 1. The molecule has 1 aliphatic heterocycles. The Hall–Kier alpha value is -1.94. The summed E-state index contributed by atoms with van der Waals surface area (Å²) in [6.07, 6.45) is 0.831. The van der Waals surface area contributed by atoms with E-state index in [1.807, 2.05) is 13.8 Å². The Morgan fingerprint density at radius 2 is 1.89 bits per heavy atom. The number of nitrogens with zero attached hydrogens (tertiary/aromatic N) is 2. The number of hydrogen-bond acceptors (Lipinski definition) is 5. The molecule has 1 aliphatic rings. The predicted octanol–water partition coefficient (Wildman–Crippen LogP) is 1.44. The summed E-state index contributed by atoms with van der Waals surface area (Å²) in [6, 6.07) is 6.60. The molecule has 2 aromatic rings. The second-order valence-electron chi connectivity index (χ2n) is 6.37. The van der Waals surface area contributed by atoms with Gasteiger partial charge in [0.1, 0.15) is 0 Å². The summed E-state index contributed by atoms with van der Waals surface area (Å²) in [7, 11) is -3.47. The lowest BCUT2D eigenvalue weighted by atomic mass is 10.1. The first kappa shape index (κ1) is 22.4. The van der Waals surface area contributed by atoms with Crippen LogP contribution in [-0.2, 0) is 29.5 Å². The number of carbonyl (C=O) groups excluding carboxylic acids is 1. The van der Waals surface area contributed by atoms with Gasteiger partial charge in [0.05, 0.1) is 4.90 Å². The van der Waals surface area contributed by atoms with Crippen molar-refractivity contribution in [1.82, 2.24) is 25.1 Å². The Morgan fingerprint density at radius 3 is 2.54 bits per heavy atom. The van der Waals surface area contributed by atoms with Gasteiger partial charge >= 0.3 is 0 Å². The van der Waals surface area contributed by atoms with Crippen LogP contribution >= 0.6 is 12.4 Å². The summed E-state index contributed by atoms with van der Waals surface area (Å²) in [5.41, 5.74) is 3.16. The zero-order valence-electron chi connectivity index (χ0n) is 16.0. The summed E-state index contributed by atoms with van der Waals surface area (Å²) in [4.78, 5) is 12.7. The molecular weight excluding hydrogens is 402 g/mol. The van der Waals surface area contributed by atoms with Gasteiger partial charge in [-0.25, -0.2) is 8.42 Å². The van der Waals surface area contributed by atoms with Crippen LogP contribution in [0, 0.1) is 0 Å². The number of sulfonamides is 1. The minimum atomic E-state index is -3.47. The number of nitrogens with one attached hydrogen (secondary N) is 3. The number of benzene rings is 1. The smallest absolute Gasteiger partial charge is 0.272 e. The number of rotatable bonds is 7. The zero-order valence-corrected chi connectivity index (χ0v) is 17.6. The average Bonchev–Trinajstić information content (AvgIpc) is 3.11. The molecule has 2 heterocycles. The highest BCUT2D eigenvalue weighted by Gasteiger charge is 2.22. The van der Waals surface area contributed by atoms with E-state index in [0.717, 1.165) is 29.8 Å². The monoisotopic (exact) mass is 427 g/mol. The van der Waals surface area contributed by atoms with Crippen LogP contribution in [0.3, 0.4) is 0 Å². The standard InChI is InChI=1S/C18H25N5O3S.ClH/c1-3-23(4-2)27(25,26)14-7-5-13(6-8-14)11-20-18(24)17-15-12-19-10-9-16(15)21-22-17;/h5-8,19H,3-4,9-12H2,1-2H3,(H,20,24)(H,21,22);1H. The molecule has 8 nitrogen and oxygen atoms in total. The second-order valence-corrected chi connectivity index (χ2v) is 8.31. The fraction of sp³-hybridized carbons (Fsp3) is 0.444. The number of hydrogen-bond donors (Lipinski definition) is 3. The fourth-order valence-electron chi connectivity index (χ4n) is 3.17. The molecule has 0 unspecified atom stereocenters. The van der Waals surface area contributed by atoms with Crippen LogP contribution in [0.4, 0.5) is 0 Å². The van der Waals surface area contributed by atoms with E-state index < -0.39 is 10.0 Å². The van der Waals surface area contributed by atoms with Crippen molar-refractivity contribution >= 4 is 28.3 Å². The lowest BCUT2D eigenvalue weighted by Gasteiger charge is -2.18. The van der Waals surface area contributed by atoms with E-state index in [1.54, 1.807) is 24.3 Å². The topological polar surface area (TPSA) is 107 Å². The lowest BCUT2D eigenvalue weighted by molar-refractivity contribution is 0.0944. The number of H-pyrrole nitrogens is 1. The maximum atomic E-state index is 12.5. The van der Waals surface area contributed by atoms with Crippen LogP contribution < -0.4 is 10.6 Å². The zero-order chi connectivity index (χ0) is 19.4. The first-order valence-electron chi connectivity index (χ1n) is 9.11. The summed E-state index contributed by atoms with van der Waals surface area (Å²) in [6.45, 7) is 6.30. The van der Waals surface area contributed by atoms with Crippen molar-refractivity contribution in [3.8, 4) is 0 Å². The van der Waals surface area contributed by atoms with Gasteiger partial charge in [0.2, 0.25) is 10.0 Å². The van der Waals surface area contributed by atoms with E-state index in [2.05, 4.69) is 20.8 Å². The van der Waals surface area contributed by atoms with Gasteiger partial charge in [-0.2, -0.15) is 9.40 Å². The van der Waals surface area contributed by atoms with Crippen LogP contribution in [-0.4, -0.2) is 48.5 Å². The molecule has 0 fully saturated rings. The Bertz CT molecular complexity index is 908. The summed E-state index contributed by atoms with van der Waals surface area (Å²) in [5, 5.41) is 13.1. The molecule has 0 saturated carbocycles. The number of halogens is 1. The van der Waals surface area contributed by atoms with Crippen LogP contribution in [0.2, 0.25) is 0 Å². The van der Waals surface area contributed by atoms with E-state index in [4.69, 9.17) is 0 Å². The summed E-state index contributed by atoms with van der Waals surface area (Å²) in [5.74, 6) is -0.240. The molecule has 0 atom stereocenters. The van der Waals surface area contributed by atoms with E-state index in [-0.39, 0.29) is 23.2 Å². The maximum absolute atomic E-state index is 12.5. The molecular formula is C18H26ClN5O3S. The molecule has 0 spiro atoms. The predicted molar refractivity (Wildman–Crippen MR) is 109 cm³/mol. The molecule has 154 valence electrons. The summed E-state index contributed by atoms with van der Waals surface area (Å²) >= 11 is 0. The van der Waals surface area contributed by atoms with Crippen LogP contribution in [0.5, 0.6) is 0 Å². The minimum absolute atomic E-state index is 0. The molecule has 1 aromatic carbocycles. The van der Waals surface area contributed by atoms with Crippen molar-refractivity contribution in [2.45, 2.75) is 38.3 Å². The van der Waals surface area contributed by atoms with Gasteiger partial charge in [-0.05, 0) is 17.7 Å². The van der Waals surface area contributed by atoms with Crippen molar-refractivity contribution in [1.29, 1.82) is 0 Å². The Morgan fingerprint density at radius 1 is 1.21 bits per heavy atom. The molecule has 28 heavy (non-hydrogen) atoms. The number of carbonyl (C=O) groups is 1. The molecule has 0 saturated heterocycles. The fourth-order valence-corrected chi connectivity index (χ4v) is 4.63. The highest BCUT2D eigenvalue weighted by atomic mass is 35.5. The third-order valence-electron chi connectivity index (χ3n) is 4.74. The van der Waals surface area contributed by atoms with Crippen LogP contribution in [0.25, 0.3) is 0 Å². The highest BCUT2D eigenvalue weighted by Crippen LogP contribution is 2.17. The molecule has 3 N–H and O–H groups in total. The van der Waals surface area contributed by atoms with E-state index in [1.165, 1.54) is 4.31 Å². The third kappa shape index (κ3) is 4.54. The van der Waals surface area contributed by atoms with Gasteiger partial charge in [-0.15, -0.1) is 12.4 Å². The van der Waals surface area contributed by atoms with Crippen molar-refractivity contribution in [2.24, 2.45) is 0 Å². The maximum Gasteiger partial charge on any atom is 0.272 e. The van der Waals surface area contributed by atoms with Crippen molar-refractivity contribution in [3.63, 3.8) is 0 Å². The Labute approximate surface area is 171 Å². The van der Waals surface area contributed by atoms with Gasteiger partial charge in [-0.1, -0.05) is 26.0 Å². The largest absolute Gasteiger partial charge is 0.347 e. The molecule has 1 aromatic heterocycles. The second kappa shape index (κ2) is 9.51. The van der Waals surface area contributed by atoms with Crippen LogP contribution in [0.1, 0.15) is 41.2 Å². The number of aromatic nitrogens is 2. The first-order valence-corrected chi connectivity index (χ1v) is 10.6. The Balaban J connectivity index is 0.00000280. The summed E-state index contributed by atoms with van der Waals surface area (Å²) < 4.78 is 26.4. The molecule has 3 rings (SSSR count). The molecule has 1 amide bonds. The quantitative estimate of drug-likeness (QED) is 0.619. The normalized spacial score (nSPS) is 13.7. The molecule has 0 aliphatic carbocycles. The molecule has 10 heteroatoms. The van der Waals surface area contributed by atoms with Crippen molar-refractivity contribution in [2.75, 3.05) is 19.6 Å². The van der Waals surface area contributed by atoms with Gasteiger partial charge in [-0.3, -0.25) is 9.89 Å². The number of fused-ring (bicyclic) bond motifs is 1. The highest BCUT2D eigenvalue weighted by molar-refractivity contribution is 7.89. The molecule has 0 radical (unpaired) electrons. The van der Waals surface area contributed by atoms with Crippen LogP contribution in [0.15, 0.2) is 29.2 Å². The Kier molecular flexibility index (Phi) is 7.59. The van der Waals surface area contributed by atoms with Crippen molar-refractivity contribution < 1.29 is 13.2 Å². The lowest BCUT2D eigenvalue weighted by Crippen LogP contribution is -2.30. The molecule has 0 bridgehead atoms. The third-order valence-corrected chi connectivity index (χ3v) is 6.81. The number of amides is 1. The van der Waals surface area contributed by atoms with E-state index >= 15 is 0 Å². The SMILES string of the molecule is CCN(CC)S(=O)(=O)c1ccc(CNC(=O)c2n[nH]c3c2CNCC3)cc1.Cl. The minimum Gasteiger partial charge on any atom is -0.347 e. The first-order chi connectivity index (χ1) is 13.0.